The highest BCUT2D eigenvalue weighted by molar-refractivity contribution is 5.79. The van der Waals surface area contributed by atoms with Gasteiger partial charge in [0.15, 0.2) is 5.79 Å². The van der Waals surface area contributed by atoms with Crippen molar-refractivity contribution >= 4 is 5.78 Å². The number of Topliss-reactive ketones (excluding diaryl/α,β-unsaturated/α-hetero) is 1. The Hall–Kier alpha value is -1.29. The van der Waals surface area contributed by atoms with E-state index in [1.807, 2.05) is 0 Å². The lowest BCUT2D eigenvalue weighted by Crippen LogP contribution is -2.61. The Bertz CT molecular complexity index is 1380. The van der Waals surface area contributed by atoms with E-state index in [-0.39, 0.29) is 122 Å². The Kier molecular flexibility index (Phi) is 10.0. The molecule has 19 atom stereocenters. The molecule has 0 saturated carbocycles. The Balaban J connectivity index is 0.994. The van der Waals surface area contributed by atoms with Gasteiger partial charge in [0.2, 0.25) is 0 Å². The number of ether oxygens (including phenoxy) is 9. The molecular formula is C40H59NO11. The largest absolute Gasteiger partial charge is 0.392 e. The van der Waals surface area contributed by atoms with Crippen molar-refractivity contribution < 1.29 is 52.5 Å². The molecule has 10 heterocycles. The summed E-state index contributed by atoms with van der Waals surface area (Å²) < 4.78 is 60.0. The molecule has 0 aromatic carbocycles. The molecule has 290 valence electrons. The van der Waals surface area contributed by atoms with Gasteiger partial charge in [-0.3, -0.25) is 4.79 Å². The summed E-state index contributed by atoms with van der Waals surface area (Å²) >= 11 is 0. The number of hydrogen-bond donors (Lipinski definition) is 2. The van der Waals surface area contributed by atoms with E-state index >= 15 is 0 Å². The number of methoxy groups -OCH3 is 1. The molecule has 1 spiro atoms. The fraction of sp³-hybridized carbons (Fsp3) is 0.875. The number of aliphatic hydroxyl groups is 1. The van der Waals surface area contributed by atoms with Gasteiger partial charge in [-0.15, -0.1) is 0 Å². The number of ketones is 1. The highest BCUT2D eigenvalue weighted by Crippen LogP contribution is 2.54. The molecule has 0 aromatic rings. The fourth-order valence-corrected chi connectivity index (χ4v) is 11.3. The number of nitrogens with two attached hydrogens (primary N) is 1. The van der Waals surface area contributed by atoms with Gasteiger partial charge in [0.05, 0.1) is 67.1 Å². The van der Waals surface area contributed by atoms with E-state index < -0.39 is 18.0 Å². The number of aliphatic hydroxyl groups excluding tert-OH is 1. The zero-order valence-electron chi connectivity index (χ0n) is 30.8. The van der Waals surface area contributed by atoms with Crippen LogP contribution in [0.2, 0.25) is 0 Å². The summed E-state index contributed by atoms with van der Waals surface area (Å²) in [7, 11) is 1.66. The summed E-state index contributed by atoms with van der Waals surface area (Å²) in [4.78, 5) is 14.1. The maximum Gasteiger partial charge on any atom is 0.172 e. The number of carbonyl (C=O) groups is 1. The van der Waals surface area contributed by atoms with Gasteiger partial charge < -0.3 is 53.5 Å². The van der Waals surface area contributed by atoms with Gasteiger partial charge in [-0.05, 0) is 62.0 Å². The van der Waals surface area contributed by atoms with Crippen LogP contribution in [0.5, 0.6) is 0 Å². The second-order valence-corrected chi connectivity index (χ2v) is 17.4. The molecule has 0 radical (unpaired) electrons. The molecule has 0 amide bonds. The first-order valence-corrected chi connectivity index (χ1v) is 20.2. The lowest BCUT2D eigenvalue weighted by atomic mass is 9.81. The zero-order valence-corrected chi connectivity index (χ0v) is 30.8. The minimum absolute atomic E-state index is 0.0158. The van der Waals surface area contributed by atoms with Gasteiger partial charge in [-0.25, -0.2) is 0 Å². The topological polar surface area (TPSA) is 146 Å². The first kappa shape index (κ1) is 36.4. The van der Waals surface area contributed by atoms with Crippen LogP contribution in [0.4, 0.5) is 0 Å². The molecular weight excluding hydrogens is 670 g/mol. The van der Waals surface area contributed by atoms with E-state index in [0.717, 1.165) is 56.1 Å². The lowest BCUT2D eigenvalue weighted by molar-refractivity contribution is -0.292. The number of carbonyl (C=O) groups excluding carboxylic acids is 1. The van der Waals surface area contributed by atoms with Crippen LogP contribution in [-0.4, -0.2) is 128 Å². The highest BCUT2D eigenvalue weighted by Gasteiger charge is 2.68. The van der Waals surface area contributed by atoms with Crippen LogP contribution in [-0.2, 0) is 47.4 Å². The summed E-state index contributed by atoms with van der Waals surface area (Å²) in [6.07, 6.45) is 4.85. The molecule has 3 N–H and O–H groups in total. The molecule has 52 heavy (non-hydrogen) atoms. The molecule has 0 aromatic heterocycles. The first-order valence-electron chi connectivity index (χ1n) is 20.2. The van der Waals surface area contributed by atoms with Crippen LogP contribution in [0, 0.1) is 11.8 Å². The minimum Gasteiger partial charge on any atom is -0.392 e. The van der Waals surface area contributed by atoms with E-state index in [1.165, 1.54) is 0 Å². The summed E-state index contributed by atoms with van der Waals surface area (Å²) in [6.45, 7) is 11.3. The van der Waals surface area contributed by atoms with Crippen LogP contribution >= 0.6 is 0 Å². The van der Waals surface area contributed by atoms with Gasteiger partial charge in [0.1, 0.15) is 36.3 Å². The van der Waals surface area contributed by atoms with Crippen molar-refractivity contribution in [3.05, 3.63) is 24.3 Å². The van der Waals surface area contributed by atoms with Crippen molar-refractivity contribution in [2.75, 3.05) is 13.7 Å². The summed E-state index contributed by atoms with van der Waals surface area (Å²) in [5.41, 5.74) is 8.01. The first-order chi connectivity index (χ1) is 25.1. The van der Waals surface area contributed by atoms with Crippen LogP contribution in [0.1, 0.15) is 90.4 Å². The van der Waals surface area contributed by atoms with Gasteiger partial charge in [0, 0.05) is 58.1 Å². The number of hydrogen-bond acceptors (Lipinski definition) is 12. The van der Waals surface area contributed by atoms with Crippen LogP contribution < -0.4 is 5.73 Å². The molecule has 10 aliphatic rings. The molecule has 10 fully saturated rings. The van der Waals surface area contributed by atoms with E-state index in [0.29, 0.717) is 25.7 Å². The SMILES string of the molecule is C=C1C[C@@H]2CC[C@@]34C[C@H]5O[C@H]6[C@@H](O3)[C@H]3O[C@H](CC[C@@H]3O[C@H]6[C@H]5O4)CC(=O)C[C@H]3C(C[C@H]4OC(CCC1O2)C[C@@H](C)C4=C)OC(C[C@H](O)CN)[C@@H]3OC. The summed E-state index contributed by atoms with van der Waals surface area (Å²) in [5, 5.41) is 10.5. The zero-order chi connectivity index (χ0) is 35.9. The van der Waals surface area contributed by atoms with Crippen LogP contribution in [0.3, 0.4) is 0 Å². The molecule has 4 unspecified atom stereocenters. The van der Waals surface area contributed by atoms with Crippen LogP contribution in [0.15, 0.2) is 24.3 Å². The Labute approximate surface area is 307 Å². The Morgan fingerprint density at radius 3 is 2.38 bits per heavy atom. The van der Waals surface area contributed by atoms with Gasteiger partial charge in [-0.1, -0.05) is 20.1 Å². The minimum atomic E-state index is -0.780. The highest BCUT2D eigenvalue weighted by atomic mass is 16.8. The molecule has 0 aliphatic carbocycles. The average Bonchev–Trinajstić information content (AvgIpc) is 3.79. The Morgan fingerprint density at radius 2 is 1.56 bits per heavy atom. The van der Waals surface area contributed by atoms with Crippen LogP contribution in [0.25, 0.3) is 0 Å². The predicted octanol–water partition coefficient (Wildman–Crippen LogP) is 3.44. The summed E-state index contributed by atoms with van der Waals surface area (Å²) in [5.74, 6) is -0.619. The van der Waals surface area contributed by atoms with E-state index in [4.69, 9.17) is 48.4 Å². The number of rotatable bonds is 4. The second kappa shape index (κ2) is 14.3. The third-order valence-corrected chi connectivity index (χ3v) is 14.0. The third kappa shape index (κ3) is 6.59. The molecule has 10 saturated heterocycles. The fourth-order valence-electron chi connectivity index (χ4n) is 11.3. The van der Waals surface area contributed by atoms with Gasteiger partial charge in [-0.2, -0.15) is 0 Å². The van der Waals surface area contributed by atoms with Crippen molar-refractivity contribution in [2.45, 2.75) is 194 Å². The summed E-state index contributed by atoms with van der Waals surface area (Å²) in [6, 6.07) is 0. The smallest absolute Gasteiger partial charge is 0.172 e. The van der Waals surface area contributed by atoms with Gasteiger partial charge >= 0.3 is 0 Å². The second-order valence-electron chi connectivity index (χ2n) is 17.4. The molecule has 12 nitrogen and oxygen atoms in total. The molecule has 12 bridgehead atoms. The maximum atomic E-state index is 14.1. The van der Waals surface area contributed by atoms with Crippen molar-refractivity contribution in [1.82, 2.24) is 0 Å². The molecule has 12 heteroatoms. The quantitative estimate of drug-likeness (QED) is 0.409. The van der Waals surface area contributed by atoms with Crippen molar-refractivity contribution in [3.8, 4) is 0 Å². The maximum absolute atomic E-state index is 14.1. The van der Waals surface area contributed by atoms with Crippen molar-refractivity contribution in [3.63, 3.8) is 0 Å². The lowest BCUT2D eigenvalue weighted by Gasteiger charge is -2.47. The Morgan fingerprint density at radius 1 is 0.808 bits per heavy atom. The standard InChI is InChI=1S/C40H59NO11/c1-19-11-24-5-7-28-20(2)12-26(45-28)9-10-40-17-33-36(51-40)37-38(50-33)39(52-40)35-29(49-37)8-6-25(47-35)13-22(42)14-27-31(16-30(46-24)21(19)3)48-32(34(27)44-4)15-23(43)18-41/h19,23-39,43H,2-3,5-18,41H2,1,4H3/t19-,23+,24?,25-,26+,27+,28?,29+,30-,31?,32?,33-,34-,35+,36+,37+,38-,39+,40+/m1/s1. The van der Waals surface area contributed by atoms with E-state index in [1.54, 1.807) is 7.11 Å². The molecule has 10 rings (SSSR count). The predicted molar refractivity (Wildman–Crippen MR) is 186 cm³/mol. The van der Waals surface area contributed by atoms with E-state index in [9.17, 15) is 9.90 Å². The van der Waals surface area contributed by atoms with E-state index in [2.05, 4.69) is 20.1 Å². The van der Waals surface area contributed by atoms with Crippen molar-refractivity contribution in [2.24, 2.45) is 17.6 Å². The average molecular weight is 730 g/mol. The number of fused-ring (bicyclic) bond motifs is 6. The monoisotopic (exact) mass is 729 g/mol. The van der Waals surface area contributed by atoms with Gasteiger partial charge in [0.25, 0.3) is 0 Å². The third-order valence-electron chi connectivity index (χ3n) is 14.0. The van der Waals surface area contributed by atoms with Crippen molar-refractivity contribution in [1.29, 1.82) is 0 Å². The molecule has 10 aliphatic heterocycles. The normalized spacial score (nSPS) is 52.4.